The lowest BCUT2D eigenvalue weighted by atomic mass is 10.1. The number of carbonyl (C=O) groups is 1. The number of carbonyl (C=O) groups excluding carboxylic acids is 1. The molecule has 0 aliphatic carbocycles. The predicted octanol–water partition coefficient (Wildman–Crippen LogP) is 5.61. The summed E-state index contributed by atoms with van der Waals surface area (Å²) in [7, 11) is 0. The molecule has 0 fully saturated rings. The highest BCUT2D eigenvalue weighted by Gasteiger charge is 2.14. The Morgan fingerprint density at radius 3 is 2.68 bits per heavy atom. The number of halogens is 2. The van der Waals surface area contributed by atoms with Crippen LogP contribution in [-0.4, -0.2) is 19.1 Å². The van der Waals surface area contributed by atoms with Crippen molar-refractivity contribution in [2.24, 2.45) is 0 Å². The maximum Gasteiger partial charge on any atom is 0.266 e. The normalized spacial score (nSPS) is 10.7. The molecule has 2 aromatic carbocycles. The van der Waals surface area contributed by atoms with E-state index in [1.165, 1.54) is 6.08 Å². The van der Waals surface area contributed by atoms with Crippen LogP contribution in [0, 0.1) is 11.3 Å². The minimum Gasteiger partial charge on any atom is -0.490 e. The smallest absolute Gasteiger partial charge is 0.266 e. The highest BCUT2D eigenvalue weighted by molar-refractivity contribution is 9.10. The number of hydrogen-bond donors (Lipinski definition) is 1. The van der Waals surface area contributed by atoms with E-state index in [1.54, 1.807) is 42.5 Å². The fourth-order valence-corrected chi connectivity index (χ4v) is 2.87. The molecule has 0 saturated heterocycles. The van der Waals surface area contributed by atoms with E-state index in [1.807, 2.05) is 13.0 Å². The van der Waals surface area contributed by atoms with Crippen molar-refractivity contribution >= 4 is 45.2 Å². The van der Waals surface area contributed by atoms with Crippen LogP contribution in [0.15, 0.2) is 59.1 Å². The van der Waals surface area contributed by atoms with Crippen LogP contribution in [0.2, 0.25) is 5.02 Å². The van der Waals surface area contributed by atoms with E-state index in [2.05, 4.69) is 27.8 Å². The number of benzene rings is 2. The molecule has 1 amide bonds. The molecule has 7 heteroatoms. The average Bonchev–Trinajstić information content (AvgIpc) is 2.68. The van der Waals surface area contributed by atoms with Crippen molar-refractivity contribution in [1.82, 2.24) is 0 Å². The molecule has 2 aromatic rings. The zero-order chi connectivity index (χ0) is 20.5. The highest BCUT2D eigenvalue weighted by Crippen LogP contribution is 2.35. The molecule has 0 bridgehead atoms. The summed E-state index contributed by atoms with van der Waals surface area (Å²) in [5.41, 5.74) is 0.945. The van der Waals surface area contributed by atoms with E-state index >= 15 is 0 Å². The topological polar surface area (TPSA) is 71.3 Å². The fraction of sp³-hybridized carbons (Fsp3) is 0.143. The first-order valence-corrected chi connectivity index (χ1v) is 9.55. The second-order valence-corrected chi connectivity index (χ2v) is 6.72. The van der Waals surface area contributed by atoms with Crippen LogP contribution in [0.1, 0.15) is 12.5 Å². The first kappa shape index (κ1) is 21.5. The number of rotatable bonds is 8. The molecular formula is C21H18BrClN2O3. The van der Waals surface area contributed by atoms with Crippen molar-refractivity contribution in [2.45, 2.75) is 6.92 Å². The Morgan fingerprint density at radius 2 is 2.04 bits per heavy atom. The maximum atomic E-state index is 12.5. The van der Waals surface area contributed by atoms with E-state index in [9.17, 15) is 10.1 Å². The van der Waals surface area contributed by atoms with Crippen LogP contribution in [0.3, 0.4) is 0 Å². The number of para-hydroxylation sites is 1. The second kappa shape index (κ2) is 10.5. The Labute approximate surface area is 177 Å². The number of amides is 1. The van der Waals surface area contributed by atoms with Crippen LogP contribution < -0.4 is 14.8 Å². The number of nitrogens with one attached hydrogen (secondary N) is 1. The van der Waals surface area contributed by atoms with Crippen molar-refractivity contribution in [3.8, 4) is 17.6 Å². The van der Waals surface area contributed by atoms with Gasteiger partial charge in [-0.3, -0.25) is 4.79 Å². The summed E-state index contributed by atoms with van der Waals surface area (Å²) in [4.78, 5) is 12.5. The third-order valence-corrected chi connectivity index (χ3v) is 4.52. The van der Waals surface area contributed by atoms with Crippen molar-refractivity contribution in [3.05, 3.63) is 69.7 Å². The van der Waals surface area contributed by atoms with Gasteiger partial charge < -0.3 is 14.8 Å². The lowest BCUT2D eigenvalue weighted by Crippen LogP contribution is -2.13. The quantitative estimate of drug-likeness (QED) is 0.315. The maximum absolute atomic E-state index is 12.5. The van der Waals surface area contributed by atoms with Gasteiger partial charge in [0.1, 0.15) is 18.2 Å². The molecule has 144 valence electrons. The van der Waals surface area contributed by atoms with Crippen LogP contribution >= 0.6 is 27.5 Å². The molecule has 2 rings (SSSR count). The SMILES string of the molecule is C=CCOc1cc(Br)c(/C=C(\C#N)C(=O)Nc2ccccc2Cl)cc1OCC. The molecule has 0 radical (unpaired) electrons. The van der Waals surface area contributed by atoms with Crippen molar-refractivity contribution < 1.29 is 14.3 Å². The molecule has 0 aromatic heterocycles. The minimum absolute atomic E-state index is 0.0807. The molecule has 0 heterocycles. The monoisotopic (exact) mass is 460 g/mol. The average molecular weight is 462 g/mol. The Hall–Kier alpha value is -2.75. The van der Waals surface area contributed by atoms with E-state index in [4.69, 9.17) is 21.1 Å². The zero-order valence-corrected chi connectivity index (χ0v) is 17.5. The van der Waals surface area contributed by atoms with Crippen LogP contribution in [0.4, 0.5) is 5.69 Å². The van der Waals surface area contributed by atoms with E-state index in [-0.39, 0.29) is 5.57 Å². The summed E-state index contributed by atoms with van der Waals surface area (Å²) in [6, 6.07) is 12.1. The van der Waals surface area contributed by atoms with E-state index < -0.39 is 5.91 Å². The number of nitriles is 1. The third kappa shape index (κ3) is 5.62. The number of hydrogen-bond acceptors (Lipinski definition) is 4. The number of nitrogens with zero attached hydrogens (tertiary/aromatic N) is 1. The molecular weight excluding hydrogens is 444 g/mol. The van der Waals surface area contributed by atoms with Gasteiger partial charge in [-0.05, 0) is 42.8 Å². The largest absolute Gasteiger partial charge is 0.490 e. The molecule has 0 atom stereocenters. The Balaban J connectivity index is 2.35. The van der Waals surface area contributed by atoms with Gasteiger partial charge in [-0.2, -0.15) is 5.26 Å². The van der Waals surface area contributed by atoms with E-state index in [0.717, 1.165) is 0 Å². The molecule has 0 aliphatic heterocycles. The van der Waals surface area contributed by atoms with Crippen molar-refractivity contribution in [3.63, 3.8) is 0 Å². The third-order valence-electron chi connectivity index (χ3n) is 3.51. The Bertz CT molecular complexity index is 951. The van der Waals surface area contributed by atoms with E-state index in [0.29, 0.717) is 45.5 Å². The second-order valence-electron chi connectivity index (χ2n) is 5.46. The summed E-state index contributed by atoms with van der Waals surface area (Å²) >= 11 is 9.50. The molecule has 0 unspecified atom stereocenters. The standard InChI is InChI=1S/C21H18BrClN2O3/c1-3-9-28-20-12-16(22)14(11-19(20)27-4-2)10-15(13-24)21(26)25-18-8-6-5-7-17(18)23/h3,5-8,10-12H,1,4,9H2,2H3,(H,25,26)/b15-10+. The summed E-state index contributed by atoms with van der Waals surface area (Å²) in [5.74, 6) is 0.472. The van der Waals surface area contributed by atoms with Crippen LogP contribution in [0.25, 0.3) is 6.08 Å². The predicted molar refractivity (Wildman–Crippen MR) is 115 cm³/mol. The van der Waals surface area contributed by atoms with Gasteiger partial charge in [0.2, 0.25) is 0 Å². The Kier molecular flexibility index (Phi) is 8.12. The summed E-state index contributed by atoms with van der Waals surface area (Å²) in [6.45, 7) is 6.24. The van der Waals surface area contributed by atoms with Gasteiger partial charge in [-0.1, -0.05) is 52.3 Å². The highest BCUT2D eigenvalue weighted by atomic mass is 79.9. The molecule has 5 nitrogen and oxygen atoms in total. The summed E-state index contributed by atoms with van der Waals surface area (Å²) in [5, 5.41) is 12.5. The molecule has 0 spiro atoms. The number of ether oxygens (including phenoxy) is 2. The molecule has 0 aliphatic rings. The van der Waals surface area contributed by atoms with Gasteiger partial charge in [-0.25, -0.2) is 0 Å². The van der Waals surface area contributed by atoms with Crippen LogP contribution in [-0.2, 0) is 4.79 Å². The van der Waals surface area contributed by atoms with Crippen LogP contribution in [0.5, 0.6) is 11.5 Å². The van der Waals surface area contributed by atoms with Gasteiger partial charge >= 0.3 is 0 Å². The first-order chi connectivity index (χ1) is 13.5. The fourth-order valence-electron chi connectivity index (χ4n) is 2.25. The molecule has 28 heavy (non-hydrogen) atoms. The molecule has 1 N–H and O–H groups in total. The van der Waals surface area contributed by atoms with Gasteiger partial charge in [0.05, 0.1) is 17.3 Å². The zero-order valence-electron chi connectivity index (χ0n) is 15.2. The first-order valence-electron chi connectivity index (χ1n) is 8.37. The number of anilines is 1. The van der Waals surface area contributed by atoms with Crippen molar-refractivity contribution in [1.29, 1.82) is 5.26 Å². The summed E-state index contributed by atoms with van der Waals surface area (Å²) < 4.78 is 11.8. The van der Waals surface area contributed by atoms with Gasteiger partial charge in [0.15, 0.2) is 11.5 Å². The lowest BCUT2D eigenvalue weighted by Gasteiger charge is -2.13. The van der Waals surface area contributed by atoms with Crippen molar-refractivity contribution in [2.75, 3.05) is 18.5 Å². The van der Waals surface area contributed by atoms with Gasteiger partial charge in [0.25, 0.3) is 5.91 Å². The Morgan fingerprint density at radius 1 is 1.32 bits per heavy atom. The van der Waals surface area contributed by atoms with Gasteiger partial charge in [-0.15, -0.1) is 0 Å². The summed E-state index contributed by atoms with van der Waals surface area (Å²) in [6.07, 6.45) is 3.10. The van der Waals surface area contributed by atoms with Gasteiger partial charge in [0, 0.05) is 4.47 Å². The lowest BCUT2D eigenvalue weighted by molar-refractivity contribution is -0.112. The minimum atomic E-state index is -0.563. The molecule has 0 saturated carbocycles.